The van der Waals surface area contributed by atoms with Gasteiger partial charge in [-0.25, -0.2) is 5.84 Å². The molecule has 1 aliphatic heterocycles. The van der Waals surface area contributed by atoms with E-state index in [1.807, 2.05) is 30.3 Å². The molecule has 33 heavy (non-hydrogen) atoms. The van der Waals surface area contributed by atoms with E-state index in [1.165, 1.54) is 18.2 Å². The molecule has 0 spiro atoms. The number of amides is 1. The number of nitrogens with one attached hydrogen (secondary N) is 3. The number of benzene rings is 1. The molecule has 168 valence electrons. The third-order valence-corrected chi connectivity index (χ3v) is 4.71. The molecule has 0 saturated carbocycles. The SMILES string of the molecule is C=C/C(=C\C=C(/N)NN)C(=O)NC1=CN(/C=C(\N)c2ccc(-c3cc[nH]n3)cc2)C(=C)C=C1. The van der Waals surface area contributed by atoms with Gasteiger partial charge in [0, 0.05) is 35.4 Å². The Morgan fingerprint density at radius 2 is 1.88 bits per heavy atom. The average molecular weight is 443 g/mol. The van der Waals surface area contributed by atoms with E-state index in [2.05, 4.69) is 34.1 Å². The summed E-state index contributed by atoms with van der Waals surface area (Å²) in [6, 6.07) is 9.63. The number of hydrogen-bond donors (Lipinski definition) is 6. The minimum atomic E-state index is -0.361. The quantitative estimate of drug-likeness (QED) is 0.158. The first-order valence-electron chi connectivity index (χ1n) is 9.94. The summed E-state index contributed by atoms with van der Waals surface area (Å²) in [5, 5.41) is 9.78. The molecule has 1 aromatic carbocycles. The van der Waals surface area contributed by atoms with Crippen LogP contribution in [0.15, 0.2) is 115 Å². The number of hydrogen-bond acceptors (Lipinski definition) is 7. The van der Waals surface area contributed by atoms with Crippen LogP contribution in [0.4, 0.5) is 0 Å². The van der Waals surface area contributed by atoms with Crippen LogP contribution in [0.3, 0.4) is 0 Å². The summed E-state index contributed by atoms with van der Waals surface area (Å²) in [5.41, 5.74) is 18.9. The van der Waals surface area contributed by atoms with Gasteiger partial charge in [0.15, 0.2) is 0 Å². The Morgan fingerprint density at radius 1 is 1.12 bits per heavy atom. The fourth-order valence-electron chi connectivity index (χ4n) is 2.89. The molecule has 0 saturated heterocycles. The lowest BCUT2D eigenvalue weighted by Gasteiger charge is -2.22. The lowest BCUT2D eigenvalue weighted by Crippen LogP contribution is -2.27. The van der Waals surface area contributed by atoms with Gasteiger partial charge in [-0.05, 0) is 35.9 Å². The van der Waals surface area contributed by atoms with Crippen LogP contribution < -0.4 is 28.1 Å². The highest BCUT2D eigenvalue weighted by Crippen LogP contribution is 2.21. The summed E-state index contributed by atoms with van der Waals surface area (Å²) in [5.74, 6) is 5.06. The minimum absolute atomic E-state index is 0.208. The molecule has 0 atom stereocenters. The number of nitrogens with two attached hydrogens (primary N) is 3. The zero-order valence-electron chi connectivity index (χ0n) is 18.0. The van der Waals surface area contributed by atoms with E-state index in [9.17, 15) is 4.79 Å². The highest BCUT2D eigenvalue weighted by molar-refractivity contribution is 5.97. The third kappa shape index (κ3) is 5.90. The number of aromatic nitrogens is 2. The summed E-state index contributed by atoms with van der Waals surface area (Å²) >= 11 is 0. The van der Waals surface area contributed by atoms with Crippen LogP contribution in [0.1, 0.15) is 5.56 Å². The molecule has 0 radical (unpaired) electrons. The van der Waals surface area contributed by atoms with Gasteiger partial charge < -0.3 is 27.1 Å². The van der Waals surface area contributed by atoms with Gasteiger partial charge in [0.1, 0.15) is 5.82 Å². The molecule has 2 aromatic rings. The van der Waals surface area contributed by atoms with Crippen molar-refractivity contribution in [2.24, 2.45) is 17.3 Å². The van der Waals surface area contributed by atoms with Gasteiger partial charge in [-0.2, -0.15) is 5.10 Å². The molecule has 1 amide bonds. The second kappa shape index (κ2) is 10.5. The van der Waals surface area contributed by atoms with E-state index in [1.54, 1.807) is 35.6 Å². The largest absolute Gasteiger partial charge is 0.397 e. The van der Waals surface area contributed by atoms with Crippen molar-refractivity contribution in [3.8, 4) is 11.3 Å². The van der Waals surface area contributed by atoms with E-state index in [4.69, 9.17) is 17.3 Å². The summed E-state index contributed by atoms with van der Waals surface area (Å²) in [6.45, 7) is 7.67. The summed E-state index contributed by atoms with van der Waals surface area (Å²) in [7, 11) is 0. The molecule has 0 bridgehead atoms. The van der Waals surface area contributed by atoms with Crippen LogP contribution in [0.25, 0.3) is 17.0 Å². The number of carbonyl (C=O) groups is 1. The van der Waals surface area contributed by atoms with Crippen LogP contribution in [-0.4, -0.2) is 21.0 Å². The summed E-state index contributed by atoms with van der Waals surface area (Å²) in [6.07, 6.45) is 13.1. The van der Waals surface area contributed by atoms with Crippen molar-refractivity contribution >= 4 is 11.6 Å². The third-order valence-electron chi connectivity index (χ3n) is 4.71. The highest BCUT2D eigenvalue weighted by Gasteiger charge is 2.12. The van der Waals surface area contributed by atoms with Gasteiger partial charge in [-0.1, -0.05) is 43.5 Å². The monoisotopic (exact) mass is 442 g/mol. The first kappa shape index (κ1) is 22.9. The first-order valence-corrected chi connectivity index (χ1v) is 9.94. The topological polar surface area (TPSA) is 151 Å². The van der Waals surface area contributed by atoms with Crippen molar-refractivity contribution in [3.63, 3.8) is 0 Å². The predicted octanol–water partition coefficient (Wildman–Crippen LogP) is 2.05. The molecule has 0 aliphatic carbocycles. The molecule has 1 aromatic heterocycles. The average Bonchev–Trinajstić information content (AvgIpc) is 3.36. The number of rotatable bonds is 8. The van der Waals surface area contributed by atoms with Crippen molar-refractivity contribution in [2.75, 3.05) is 0 Å². The minimum Gasteiger partial charge on any atom is -0.397 e. The van der Waals surface area contributed by atoms with E-state index in [-0.39, 0.29) is 11.7 Å². The van der Waals surface area contributed by atoms with E-state index in [0.29, 0.717) is 22.7 Å². The molecule has 0 fully saturated rings. The smallest absolute Gasteiger partial charge is 0.255 e. The molecular formula is C24H26N8O. The second-order valence-corrected chi connectivity index (χ2v) is 6.98. The molecule has 0 unspecified atom stereocenters. The zero-order valence-corrected chi connectivity index (χ0v) is 18.0. The van der Waals surface area contributed by atoms with Crippen molar-refractivity contribution < 1.29 is 4.79 Å². The number of aromatic amines is 1. The van der Waals surface area contributed by atoms with Crippen LogP contribution in [0.2, 0.25) is 0 Å². The van der Waals surface area contributed by atoms with Gasteiger partial charge in [0.2, 0.25) is 0 Å². The van der Waals surface area contributed by atoms with Crippen LogP contribution in [0.5, 0.6) is 0 Å². The number of allylic oxidation sites excluding steroid dienone is 4. The number of hydrazine groups is 1. The Bertz CT molecular complexity index is 1180. The molecule has 1 aliphatic rings. The predicted molar refractivity (Wildman–Crippen MR) is 130 cm³/mol. The van der Waals surface area contributed by atoms with Crippen molar-refractivity contribution in [1.29, 1.82) is 0 Å². The lowest BCUT2D eigenvalue weighted by molar-refractivity contribution is -0.116. The van der Waals surface area contributed by atoms with Gasteiger partial charge in [-0.15, -0.1) is 0 Å². The maximum absolute atomic E-state index is 12.6. The van der Waals surface area contributed by atoms with Crippen molar-refractivity contribution in [2.45, 2.75) is 0 Å². The number of H-pyrrole nitrogens is 1. The van der Waals surface area contributed by atoms with Gasteiger partial charge >= 0.3 is 0 Å². The molecule has 9 N–H and O–H groups in total. The Hall–Kier alpha value is -4.76. The van der Waals surface area contributed by atoms with Crippen molar-refractivity contribution in [1.82, 2.24) is 25.8 Å². The molecule has 2 heterocycles. The maximum Gasteiger partial charge on any atom is 0.255 e. The first-order chi connectivity index (χ1) is 15.9. The zero-order chi connectivity index (χ0) is 23.8. The number of nitrogens with zero attached hydrogens (tertiary/aromatic N) is 2. The molecule has 9 nitrogen and oxygen atoms in total. The van der Waals surface area contributed by atoms with E-state index >= 15 is 0 Å². The maximum atomic E-state index is 12.6. The van der Waals surface area contributed by atoms with E-state index < -0.39 is 0 Å². The van der Waals surface area contributed by atoms with Gasteiger partial charge in [-0.3, -0.25) is 9.89 Å². The number of carbonyl (C=O) groups excluding carboxylic acids is 1. The standard InChI is InChI=1S/C24H26N8O/c1-3-17(9-11-23(26)30-27)24(33)29-20-10-4-16(2)32(14-20)15-21(25)18-5-7-19(8-6-18)22-12-13-28-31-22/h3-15,30H,1-2,25-27H2,(H,28,31)(H,29,33)/b17-9+,21-15-,23-11+. The molecular weight excluding hydrogens is 416 g/mol. The fourth-order valence-corrected chi connectivity index (χ4v) is 2.89. The van der Waals surface area contributed by atoms with E-state index in [0.717, 1.165) is 16.8 Å². The van der Waals surface area contributed by atoms with Crippen LogP contribution >= 0.6 is 0 Å². The van der Waals surface area contributed by atoms with Crippen LogP contribution in [0, 0.1) is 0 Å². The molecule has 9 heteroatoms. The Balaban J connectivity index is 1.75. The lowest BCUT2D eigenvalue weighted by atomic mass is 10.1. The van der Waals surface area contributed by atoms with Crippen molar-refractivity contribution in [3.05, 3.63) is 121 Å². The second-order valence-electron chi connectivity index (χ2n) is 6.98. The highest BCUT2D eigenvalue weighted by atomic mass is 16.1. The van der Waals surface area contributed by atoms with Crippen LogP contribution in [-0.2, 0) is 4.79 Å². The Kier molecular flexibility index (Phi) is 7.30. The Labute approximate surface area is 192 Å². The van der Waals surface area contributed by atoms with Gasteiger partial charge in [0.05, 0.1) is 17.1 Å². The van der Waals surface area contributed by atoms with Gasteiger partial charge in [0.25, 0.3) is 5.91 Å². The molecule has 3 rings (SSSR count). The summed E-state index contributed by atoms with van der Waals surface area (Å²) < 4.78 is 0. The fraction of sp³-hybridized carbons (Fsp3) is 0. The normalized spacial score (nSPS) is 14.7. The Morgan fingerprint density at radius 3 is 2.52 bits per heavy atom. The summed E-state index contributed by atoms with van der Waals surface area (Å²) in [4.78, 5) is 14.3.